The first-order chi connectivity index (χ1) is 19.2. The molecule has 5 rings (SSSR count). The van der Waals surface area contributed by atoms with E-state index in [1.807, 2.05) is 13.0 Å². The lowest BCUT2D eigenvalue weighted by Crippen LogP contribution is -2.30. The van der Waals surface area contributed by atoms with Crippen LogP contribution >= 0.6 is 0 Å². The summed E-state index contributed by atoms with van der Waals surface area (Å²) < 4.78 is 0. The molecule has 0 fully saturated rings. The molecule has 3 aromatic carbocycles. The van der Waals surface area contributed by atoms with Gasteiger partial charge in [-0.05, 0) is 64.6 Å². The molecule has 0 saturated heterocycles. The van der Waals surface area contributed by atoms with Crippen molar-refractivity contribution < 1.29 is 9.59 Å². The van der Waals surface area contributed by atoms with Crippen LogP contribution in [0.3, 0.4) is 0 Å². The standard InChI is InChI=1S/C35H42N4O2/c1-9-10-16-38-31(40)27-20-29-30(21-28(27)32(38)41)37-39(36-29)26-18-24(34(5,6)22-33(2,3)4)17-25(19-26)35(7,8)23-14-12-11-13-15-23/h11-15,17-21H,9-10,16,22H2,1-8H3. The number of unbranched alkanes of at least 4 members (excludes halogenated alkanes) is 1. The average Bonchev–Trinajstić information content (AvgIpc) is 3.43. The second-order valence-corrected chi connectivity index (χ2v) is 13.9. The van der Waals surface area contributed by atoms with Crippen LogP contribution < -0.4 is 0 Å². The molecule has 1 aliphatic heterocycles. The van der Waals surface area contributed by atoms with Crippen molar-refractivity contribution in [2.75, 3.05) is 6.54 Å². The van der Waals surface area contributed by atoms with Crippen LogP contribution in [0, 0.1) is 5.41 Å². The van der Waals surface area contributed by atoms with Crippen LogP contribution in [0.2, 0.25) is 0 Å². The Morgan fingerprint density at radius 3 is 1.80 bits per heavy atom. The van der Waals surface area contributed by atoms with Crippen LogP contribution in [0.15, 0.2) is 60.7 Å². The molecule has 1 aromatic heterocycles. The monoisotopic (exact) mass is 550 g/mol. The van der Waals surface area contributed by atoms with Gasteiger partial charge in [-0.1, -0.05) is 98.2 Å². The van der Waals surface area contributed by atoms with Gasteiger partial charge in [0.2, 0.25) is 0 Å². The second-order valence-electron chi connectivity index (χ2n) is 13.9. The highest BCUT2D eigenvalue weighted by Crippen LogP contribution is 2.40. The average molecular weight is 551 g/mol. The molecule has 0 spiro atoms. The van der Waals surface area contributed by atoms with Gasteiger partial charge in [-0.2, -0.15) is 4.80 Å². The molecule has 2 amide bonds. The first-order valence-corrected chi connectivity index (χ1v) is 14.7. The quantitative estimate of drug-likeness (QED) is 0.210. The summed E-state index contributed by atoms with van der Waals surface area (Å²) in [5.41, 5.74) is 6.34. The Labute approximate surface area is 243 Å². The number of nitrogens with zero attached hydrogens (tertiary/aromatic N) is 4. The number of benzene rings is 3. The summed E-state index contributed by atoms with van der Waals surface area (Å²) in [7, 11) is 0. The van der Waals surface area contributed by atoms with Crippen LogP contribution in [0.1, 0.15) is 112 Å². The topological polar surface area (TPSA) is 68.1 Å². The number of hydrogen-bond acceptors (Lipinski definition) is 4. The highest BCUT2D eigenvalue weighted by atomic mass is 16.2. The molecule has 214 valence electrons. The zero-order valence-corrected chi connectivity index (χ0v) is 25.7. The Kier molecular flexibility index (Phi) is 7.17. The molecule has 6 heteroatoms. The van der Waals surface area contributed by atoms with E-state index in [4.69, 9.17) is 10.2 Å². The van der Waals surface area contributed by atoms with Crippen molar-refractivity contribution in [1.29, 1.82) is 0 Å². The van der Waals surface area contributed by atoms with E-state index in [2.05, 4.69) is 90.9 Å². The van der Waals surface area contributed by atoms with Crippen LogP contribution in [-0.2, 0) is 10.8 Å². The fourth-order valence-corrected chi connectivity index (χ4v) is 6.26. The summed E-state index contributed by atoms with van der Waals surface area (Å²) >= 11 is 0. The van der Waals surface area contributed by atoms with Gasteiger partial charge in [0.1, 0.15) is 11.0 Å². The normalized spacial score (nSPS) is 14.3. The van der Waals surface area contributed by atoms with Gasteiger partial charge in [-0.25, -0.2) is 0 Å². The SMILES string of the molecule is CCCCN1C(=O)c2cc3nn(-c4cc(C(C)(C)CC(C)(C)C)cc(C(C)(C)c5ccccc5)c4)nc3cc2C1=O. The van der Waals surface area contributed by atoms with Gasteiger partial charge in [-0.15, -0.1) is 10.2 Å². The van der Waals surface area contributed by atoms with Gasteiger partial charge in [0.25, 0.3) is 11.8 Å². The Hall–Kier alpha value is -3.80. The number of carbonyl (C=O) groups excluding carboxylic acids is 2. The van der Waals surface area contributed by atoms with Crippen LogP contribution in [0.5, 0.6) is 0 Å². The first-order valence-electron chi connectivity index (χ1n) is 14.7. The third kappa shape index (κ3) is 5.44. The maximum absolute atomic E-state index is 13.0. The maximum atomic E-state index is 13.0. The van der Waals surface area contributed by atoms with Gasteiger partial charge >= 0.3 is 0 Å². The minimum absolute atomic E-state index is 0.0929. The van der Waals surface area contributed by atoms with Crippen LogP contribution in [0.25, 0.3) is 16.7 Å². The van der Waals surface area contributed by atoms with Crippen molar-refractivity contribution in [3.05, 3.63) is 88.5 Å². The highest BCUT2D eigenvalue weighted by Gasteiger charge is 2.36. The van der Waals surface area contributed by atoms with Gasteiger partial charge < -0.3 is 0 Å². The minimum Gasteiger partial charge on any atom is -0.274 e. The van der Waals surface area contributed by atoms with Crippen molar-refractivity contribution in [2.24, 2.45) is 5.41 Å². The molecule has 0 aliphatic carbocycles. The lowest BCUT2D eigenvalue weighted by Gasteiger charge is -2.35. The summed E-state index contributed by atoms with van der Waals surface area (Å²) in [5, 5.41) is 9.65. The molecule has 0 unspecified atom stereocenters. The molecule has 1 aliphatic rings. The highest BCUT2D eigenvalue weighted by molar-refractivity contribution is 6.22. The molecule has 6 nitrogen and oxygen atoms in total. The molecule has 0 N–H and O–H groups in total. The van der Waals surface area contributed by atoms with E-state index in [9.17, 15) is 9.59 Å². The number of hydrogen-bond donors (Lipinski definition) is 0. The lowest BCUT2D eigenvalue weighted by molar-refractivity contribution is 0.0652. The third-order valence-corrected chi connectivity index (χ3v) is 8.33. The van der Waals surface area contributed by atoms with Gasteiger partial charge in [0, 0.05) is 12.0 Å². The number of aromatic nitrogens is 3. The third-order valence-electron chi connectivity index (χ3n) is 8.33. The van der Waals surface area contributed by atoms with E-state index in [0.717, 1.165) is 24.9 Å². The van der Waals surface area contributed by atoms with Crippen LogP contribution in [0.4, 0.5) is 0 Å². The zero-order chi connectivity index (χ0) is 29.7. The van der Waals surface area contributed by atoms with E-state index < -0.39 is 0 Å². The predicted octanol–water partition coefficient (Wildman–Crippen LogP) is 7.86. The van der Waals surface area contributed by atoms with E-state index in [-0.39, 0.29) is 28.1 Å². The van der Waals surface area contributed by atoms with E-state index >= 15 is 0 Å². The Balaban J connectivity index is 1.63. The molecule has 0 saturated carbocycles. The molecule has 0 atom stereocenters. The number of rotatable bonds is 8. The minimum atomic E-state index is -0.252. The maximum Gasteiger partial charge on any atom is 0.261 e. The predicted molar refractivity (Wildman–Crippen MR) is 165 cm³/mol. The Morgan fingerprint density at radius 1 is 0.707 bits per heavy atom. The Morgan fingerprint density at radius 2 is 1.27 bits per heavy atom. The number of fused-ring (bicyclic) bond motifs is 2. The molecule has 4 aromatic rings. The second kappa shape index (κ2) is 10.2. The summed E-state index contributed by atoms with van der Waals surface area (Å²) in [6.07, 6.45) is 2.71. The van der Waals surface area contributed by atoms with E-state index in [0.29, 0.717) is 28.7 Å². The van der Waals surface area contributed by atoms with Crippen LogP contribution in [-0.4, -0.2) is 38.3 Å². The molecule has 0 bridgehead atoms. The molecule has 2 heterocycles. The first kappa shape index (κ1) is 28.7. The molecule has 0 radical (unpaired) electrons. The van der Waals surface area contributed by atoms with E-state index in [1.54, 1.807) is 16.9 Å². The van der Waals surface area contributed by atoms with Crippen molar-refractivity contribution >= 4 is 22.8 Å². The Bertz CT molecular complexity index is 1570. The van der Waals surface area contributed by atoms with E-state index in [1.165, 1.54) is 21.6 Å². The summed E-state index contributed by atoms with van der Waals surface area (Å²) in [4.78, 5) is 29.1. The lowest BCUT2D eigenvalue weighted by atomic mass is 9.70. The van der Waals surface area contributed by atoms with Crippen molar-refractivity contribution in [3.8, 4) is 5.69 Å². The smallest absolute Gasteiger partial charge is 0.261 e. The zero-order valence-electron chi connectivity index (χ0n) is 25.7. The van der Waals surface area contributed by atoms with Crippen molar-refractivity contribution in [3.63, 3.8) is 0 Å². The molecule has 41 heavy (non-hydrogen) atoms. The van der Waals surface area contributed by atoms with Crippen molar-refractivity contribution in [2.45, 2.75) is 85.5 Å². The fraction of sp³-hybridized carbons (Fsp3) is 0.429. The number of carbonyl (C=O) groups is 2. The number of imide groups is 1. The van der Waals surface area contributed by atoms with Crippen molar-refractivity contribution in [1.82, 2.24) is 19.9 Å². The summed E-state index contributed by atoms with van der Waals surface area (Å²) in [5.74, 6) is -0.486. The van der Waals surface area contributed by atoms with Gasteiger partial charge in [-0.3, -0.25) is 14.5 Å². The number of amides is 2. The fourth-order valence-electron chi connectivity index (χ4n) is 6.26. The largest absolute Gasteiger partial charge is 0.274 e. The molecular formula is C35H42N4O2. The van der Waals surface area contributed by atoms with Gasteiger partial charge in [0.15, 0.2) is 0 Å². The summed E-state index contributed by atoms with van der Waals surface area (Å²) in [6.45, 7) is 18.4. The summed E-state index contributed by atoms with van der Waals surface area (Å²) in [6, 6.07) is 20.7. The van der Waals surface area contributed by atoms with Gasteiger partial charge in [0.05, 0.1) is 16.8 Å². The molecular weight excluding hydrogens is 508 g/mol.